The van der Waals surface area contributed by atoms with Gasteiger partial charge in [-0.25, -0.2) is 4.98 Å². The van der Waals surface area contributed by atoms with Gasteiger partial charge in [0.25, 0.3) is 5.56 Å². The summed E-state index contributed by atoms with van der Waals surface area (Å²) >= 11 is 8.42. The molecule has 0 bridgehead atoms. The molecular formula is C18H17ClN2O3S2. The van der Waals surface area contributed by atoms with Crippen LogP contribution in [-0.2, 0) is 11.3 Å². The predicted molar refractivity (Wildman–Crippen MR) is 107 cm³/mol. The zero-order valence-corrected chi connectivity index (χ0v) is 16.5. The first kappa shape index (κ1) is 19.1. The Morgan fingerprint density at radius 1 is 1.31 bits per heavy atom. The van der Waals surface area contributed by atoms with Crippen LogP contribution in [0.1, 0.15) is 16.1 Å². The molecule has 0 radical (unpaired) electrons. The Labute approximate surface area is 164 Å². The summed E-state index contributed by atoms with van der Waals surface area (Å²) in [4.78, 5) is 30.4. The average Bonchev–Trinajstić information content (AvgIpc) is 3.08. The van der Waals surface area contributed by atoms with Crippen LogP contribution in [-0.4, -0.2) is 34.8 Å². The third kappa shape index (κ3) is 4.35. The molecule has 0 fully saturated rings. The fourth-order valence-corrected chi connectivity index (χ4v) is 4.47. The lowest BCUT2D eigenvalue weighted by Gasteiger charge is -2.12. The van der Waals surface area contributed by atoms with E-state index < -0.39 is 0 Å². The molecule has 3 rings (SSSR count). The van der Waals surface area contributed by atoms with E-state index in [4.69, 9.17) is 16.3 Å². The van der Waals surface area contributed by atoms with Gasteiger partial charge in [-0.2, -0.15) is 0 Å². The molecule has 2 heterocycles. The summed E-state index contributed by atoms with van der Waals surface area (Å²) in [5, 5.41) is 1.12. The maximum absolute atomic E-state index is 12.8. The van der Waals surface area contributed by atoms with E-state index in [0.29, 0.717) is 44.8 Å². The number of fused-ring (bicyclic) bond motifs is 1. The lowest BCUT2D eigenvalue weighted by Crippen LogP contribution is -2.24. The van der Waals surface area contributed by atoms with Gasteiger partial charge < -0.3 is 4.74 Å². The number of ether oxygens (including phenoxy) is 1. The molecule has 0 saturated carbocycles. The summed E-state index contributed by atoms with van der Waals surface area (Å²) in [6.07, 6.45) is 0.693. The van der Waals surface area contributed by atoms with Gasteiger partial charge in [0.05, 0.1) is 25.9 Å². The van der Waals surface area contributed by atoms with Crippen molar-refractivity contribution in [2.24, 2.45) is 0 Å². The second kappa shape index (κ2) is 8.81. The van der Waals surface area contributed by atoms with Crippen molar-refractivity contribution in [3.63, 3.8) is 0 Å². The molecule has 0 aliphatic heterocycles. The molecule has 8 heteroatoms. The minimum absolute atomic E-state index is 0.0299. The van der Waals surface area contributed by atoms with Crippen LogP contribution < -0.4 is 5.56 Å². The summed E-state index contributed by atoms with van der Waals surface area (Å²) in [5.41, 5.74) is 0.537. The third-order valence-corrected chi connectivity index (χ3v) is 5.99. The molecular weight excluding hydrogens is 392 g/mol. The van der Waals surface area contributed by atoms with Crippen molar-refractivity contribution in [1.29, 1.82) is 0 Å². The van der Waals surface area contributed by atoms with Crippen molar-refractivity contribution in [2.45, 2.75) is 18.1 Å². The number of carbonyl (C=O) groups excluding carboxylic acids is 1. The van der Waals surface area contributed by atoms with Crippen LogP contribution in [0.3, 0.4) is 0 Å². The molecule has 0 amide bonds. The molecule has 0 unspecified atom stereocenters. The first-order chi connectivity index (χ1) is 12.6. The quantitative estimate of drug-likeness (QED) is 0.243. The van der Waals surface area contributed by atoms with E-state index in [0.717, 1.165) is 0 Å². The molecule has 0 N–H and O–H groups in total. The van der Waals surface area contributed by atoms with Crippen LogP contribution in [0.15, 0.2) is 46.3 Å². The molecule has 0 aliphatic rings. The van der Waals surface area contributed by atoms with Crippen molar-refractivity contribution in [2.75, 3.05) is 19.5 Å². The van der Waals surface area contributed by atoms with E-state index in [-0.39, 0.29) is 17.1 Å². The molecule has 3 aromatic rings. The lowest BCUT2D eigenvalue weighted by atomic mass is 10.2. The number of methoxy groups -OCH3 is 1. The number of carbonyl (C=O) groups is 1. The molecule has 5 nitrogen and oxygen atoms in total. The summed E-state index contributed by atoms with van der Waals surface area (Å²) in [6.45, 7) is 1.04. The van der Waals surface area contributed by atoms with E-state index in [9.17, 15) is 9.59 Å². The highest BCUT2D eigenvalue weighted by atomic mass is 35.5. The smallest absolute Gasteiger partial charge is 0.262 e. The number of thioether (sulfide) groups is 1. The molecule has 26 heavy (non-hydrogen) atoms. The van der Waals surface area contributed by atoms with Crippen LogP contribution in [0.25, 0.3) is 10.9 Å². The number of benzene rings is 1. The van der Waals surface area contributed by atoms with Gasteiger partial charge in [0.15, 0.2) is 10.9 Å². The van der Waals surface area contributed by atoms with Crippen molar-refractivity contribution in [3.8, 4) is 0 Å². The minimum Gasteiger partial charge on any atom is -0.385 e. The maximum atomic E-state index is 12.8. The van der Waals surface area contributed by atoms with E-state index in [1.165, 1.54) is 23.1 Å². The lowest BCUT2D eigenvalue weighted by molar-refractivity contribution is 0.102. The van der Waals surface area contributed by atoms with Gasteiger partial charge in [-0.3, -0.25) is 14.2 Å². The first-order valence-corrected chi connectivity index (χ1v) is 10.2. The molecule has 0 aliphatic carbocycles. The topological polar surface area (TPSA) is 61.2 Å². The van der Waals surface area contributed by atoms with Crippen molar-refractivity contribution >= 4 is 51.4 Å². The Bertz CT molecular complexity index is 984. The molecule has 0 spiro atoms. The van der Waals surface area contributed by atoms with Crippen LogP contribution in [0, 0.1) is 0 Å². The van der Waals surface area contributed by atoms with Gasteiger partial charge in [-0.15, -0.1) is 11.3 Å². The molecule has 136 valence electrons. The number of para-hydroxylation sites is 1. The third-order valence-electron chi connectivity index (χ3n) is 3.74. The largest absolute Gasteiger partial charge is 0.385 e. The fraction of sp³-hybridized carbons (Fsp3) is 0.278. The van der Waals surface area contributed by atoms with Gasteiger partial charge in [0.2, 0.25) is 0 Å². The zero-order valence-electron chi connectivity index (χ0n) is 14.1. The second-order valence-corrected chi connectivity index (χ2v) is 8.19. The molecule has 1 aromatic carbocycles. The van der Waals surface area contributed by atoms with Gasteiger partial charge >= 0.3 is 0 Å². The number of hydrogen-bond donors (Lipinski definition) is 0. The highest BCUT2D eigenvalue weighted by Gasteiger charge is 2.15. The first-order valence-electron chi connectivity index (χ1n) is 8.00. The Balaban J connectivity index is 1.88. The van der Waals surface area contributed by atoms with E-state index in [1.807, 2.05) is 12.1 Å². The molecule has 2 aromatic heterocycles. The van der Waals surface area contributed by atoms with Crippen molar-refractivity contribution in [1.82, 2.24) is 9.55 Å². The van der Waals surface area contributed by atoms with E-state index >= 15 is 0 Å². The summed E-state index contributed by atoms with van der Waals surface area (Å²) < 4.78 is 7.29. The van der Waals surface area contributed by atoms with Gasteiger partial charge in [0, 0.05) is 20.3 Å². The summed E-state index contributed by atoms with van der Waals surface area (Å²) in [5.74, 6) is 0.170. The minimum atomic E-state index is -0.0965. The maximum Gasteiger partial charge on any atom is 0.262 e. The van der Waals surface area contributed by atoms with Gasteiger partial charge in [-0.05, 0) is 30.7 Å². The Morgan fingerprint density at radius 2 is 2.12 bits per heavy atom. The fourth-order valence-electron chi connectivity index (χ4n) is 2.49. The summed E-state index contributed by atoms with van der Waals surface area (Å²) in [7, 11) is 1.63. The van der Waals surface area contributed by atoms with Crippen LogP contribution in [0.2, 0.25) is 4.34 Å². The summed E-state index contributed by atoms with van der Waals surface area (Å²) in [6, 6.07) is 10.7. The number of hydrogen-bond acceptors (Lipinski definition) is 6. The Hall–Kier alpha value is -1.67. The number of nitrogens with zero attached hydrogens (tertiary/aromatic N) is 2. The normalized spacial score (nSPS) is 11.2. The Kier molecular flexibility index (Phi) is 6.48. The Morgan fingerprint density at radius 3 is 2.85 bits per heavy atom. The van der Waals surface area contributed by atoms with Gasteiger partial charge in [-0.1, -0.05) is 35.5 Å². The van der Waals surface area contributed by atoms with Crippen LogP contribution >= 0.6 is 34.7 Å². The average molecular weight is 409 g/mol. The number of ketones is 1. The van der Waals surface area contributed by atoms with E-state index in [1.54, 1.807) is 35.9 Å². The van der Waals surface area contributed by atoms with E-state index in [2.05, 4.69) is 4.98 Å². The number of aromatic nitrogens is 2. The second-order valence-electron chi connectivity index (χ2n) is 5.53. The number of thiophene rings is 1. The highest BCUT2D eigenvalue weighted by Crippen LogP contribution is 2.25. The monoisotopic (exact) mass is 408 g/mol. The SMILES string of the molecule is COCCCn1c(SCC(=O)c2ccc(Cl)s2)nc2ccccc2c1=O. The molecule has 0 saturated heterocycles. The number of Topliss-reactive ketones (excluding diaryl/α,β-unsaturated/α-hetero) is 1. The van der Waals surface area contributed by atoms with Crippen molar-refractivity contribution in [3.05, 3.63) is 56.0 Å². The molecule has 0 atom stereocenters. The van der Waals surface area contributed by atoms with Crippen molar-refractivity contribution < 1.29 is 9.53 Å². The van der Waals surface area contributed by atoms with Gasteiger partial charge in [0.1, 0.15) is 0 Å². The number of halogens is 1. The standard InChI is InChI=1S/C18H17ClN2O3S2/c1-24-10-4-9-21-17(23)12-5-2-3-6-13(12)20-18(21)25-11-14(22)15-7-8-16(19)26-15/h2-3,5-8H,4,9-11H2,1H3. The van der Waals surface area contributed by atoms with Crippen LogP contribution in [0.5, 0.6) is 0 Å². The number of rotatable bonds is 8. The zero-order chi connectivity index (χ0) is 18.5. The highest BCUT2D eigenvalue weighted by molar-refractivity contribution is 7.99. The predicted octanol–water partition coefficient (Wildman–Crippen LogP) is 4.12. The van der Waals surface area contributed by atoms with Crippen LogP contribution in [0.4, 0.5) is 0 Å².